The normalized spacial score (nSPS) is 9.40. The second-order valence-corrected chi connectivity index (χ2v) is 3.02. The maximum atomic E-state index is 10.8. The van der Waals surface area contributed by atoms with Crippen molar-refractivity contribution in [3.8, 4) is 5.75 Å². The lowest BCUT2D eigenvalue weighted by atomic mass is 10.3. The lowest BCUT2D eigenvalue weighted by molar-refractivity contribution is 0.241. The molecule has 0 unspecified atom stereocenters. The second-order valence-electron chi connectivity index (χ2n) is 3.02. The van der Waals surface area contributed by atoms with Gasteiger partial charge in [-0.25, -0.2) is 4.79 Å². The SMILES string of the molecule is CNC(=O)NCCCOc1ccccc1. The van der Waals surface area contributed by atoms with E-state index in [0.717, 1.165) is 12.2 Å². The third-order valence-electron chi connectivity index (χ3n) is 1.85. The maximum absolute atomic E-state index is 10.8. The van der Waals surface area contributed by atoms with Crippen molar-refractivity contribution in [1.82, 2.24) is 10.6 Å². The Hall–Kier alpha value is -1.71. The van der Waals surface area contributed by atoms with E-state index in [1.807, 2.05) is 30.3 Å². The molecule has 0 saturated heterocycles. The van der Waals surface area contributed by atoms with Crippen molar-refractivity contribution in [2.24, 2.45) is 0 Å². The molecule has 0 radical (unpaired) electrons. The third kappa shape index (κ3) is 4.90. The molecule has 0 bridgehead atoms. The Labute approximate surface area is 89.6 Å². The van der Waals surface area contributed by atoms with E-state index in [0.29, 0.717) is 13.2 Å². The fraction of sp³-hybridized carbons (Fsp3) is 0.364. The van der Waals surface area contributed by atoms with Crippen LogP contribution in [0.1, 0.15) is 6.42 Å². The molecule has 0 heterocycles. The molecule has 2 N–H and O–H groups in total. The number of benzene rings is 1. The van der Waals surface area contributed by atoms with E-state index in [2.05, 4.69) is 10.6 Å². The van der Waals surface area contributed by atoms with Gasteiger partial charge in [0.2, 0.25) is 0 Å². The number of rotatable bonds is 5. The molecule has 0 aromatic heterocycles. The van der Waals surface area contributed by atoms with Crippen molar-refractivity contribution in [1.29, 1.82) is 0 Å². The molecule has 0 aliphatic heterocycles. The number of amides is 2. The minimum Gasteiger partial charge on any atom is -0.494 e. The van der Waals surface area contributed by atoms with Gasteiger partial charge < -0.3 is 15.4 Å². The first kappa shape index (κ1) is 11.4. The highest BCUT2D eigenvalue weighted by atomic mass is 16.5. The summed E-state index contributed by atoms with van der Waals surface area (Å²) in [5.74, 6) is 0.859. The average Bonchev–Trinajstić information content (AvgIpc) is 2.29. The van der Waals surface area contributed by atoms with Crippen LogP contribution in [-0.2, 0) is 0 Å². The van der Waals surface area contributed by atoms with Gasteiger partial charge in [-0.05, 0) is 18.6 Å². The molecule has 0 atom stereocenters. The molecule has 4 nitrogen and oxygen atoms in total. The molecular formula is C11H16N2O2. The Morgan fingerprint density at radius 1 is 1.33 bits per heavy atom. The van der Waals surface area contributed by atoms with E-state index in [1.165, 1.54) is 0 Å². The first-order valence-corrected chi connectivity index (χ1v) is 4.96. The first-order valence-electron chi connectivity index (χ1n) is 4.96. The largest absolute Gasteiger partial charge is 0.494 e. The van der Waals surface area contributed by atoms with Gasteiger partial charge in [-0.2, -0.15) is 0 Å². The zero-order chi connectivity index (χ0) is 10.9. The van der Waals surface area contributed by atoms with Gasteiger partial charge in [0.25, 0.3) is 0 Å². The molecule has 82 valence electrons. The van der Waals surface area contributed by atoms with Crippen LogP contribution in [-0.4, -0.2) is 26.2 Å². The number of ether oxygens (including phenoxy) is 1. The Kier molecular flexibility index (Phi) is 5.08. The van der Waals surface area contributed by atoms with Crippen molar-refractivity contribution >= 4 is 6.03 Å². The minimum absolute atomic E-state index is 0.158. The highest BCUT2D eigenvalue weighted by Crippen LogP contribution is 2.07. The quantitative estimate of drug-likeness (QED) is 0.718. The van der Waals surface area contributed by atoms with Crippen LogP contribution in [0.25, 0.3) is 0 Å². The summed E-state index contributed by atoms with van der Waals surface area (Å²) >= 11 is 0. The van der Waals surface area contributed by atoms with Crippen molar-refractivity contribution < 1.29 is 9.53 Å². The standard InChI is InChI=1S/C11H16N2O2/c1-12-11(14)13-8-5-9-15-10-6-3-2-4-7-10/h2-4,6-7H,5,8-9H2,1H3,(H2,12,13,14). The fourth-order valence-electron chi connectivity index (χ4n) is 1.07. The smallest absolute Gasteiger partial charge is 0.314 e. The fourth-order valence-corrected chi connectivity index (χ4v) is 1.07. The zero-order valence-corrected chi connectivity index (χ0v) is 8.82. The Balaban J connectivity index is 2.05. The summed E-state index contributed by atoms with van der Waals surface area (Å²) in [7, 11) is 1.59. The van der Waals surface area contributed by atoms with Crippen molar-refractivity contribution in [3.05, 3.63) is 30.3 Å². The van der Waals surface area contributed by atoms with Gasteiger partial charge in [0.15, 0.2) is 0 Å². The van der Waals surface area contributed by atoms with E-state index in [-0.39, 0.29) is 6.03 Å². The van der Waals surface area contributed by atoms with Crippen LogP contribution in [0, 0.1) is 0 Å². The molecule has 15 heavy (non-hydrogen) atoms. The molecule has 1 aromatic carbocycles. The molecule has 2 amide bonds. The summed E-state index contributed by atoms with van der Waals surface area (Å²) in [6.07, 6.45) is 0.794. The number of nitrogens with one attached hydrogen (secondary N) is 2. The Bertz CT molecular complexity index is 288. The lowest BCUT2D eigenvalue weighted by Gasteiger charge is -2.06. The second kappa shape index (κ2) is 6.70. The number of urea groups is 1. The van der Waals surface area contributed by atoms with Gasteiger partial charge in [0.05, 0.1) is 6.61 Å². The number of carbonyl (C=O) groups excluding carboxylic acids is 1. The van der Waals surface area contributed by atoms with Crippen molar-refractivity contribution in [2.75, 3.05) is 20.2 Å². The van der Waals surface area contributed by atoms with Crippen LogP contribution in [0.2, 0.25) is 0 Å². The Morgan fingerprint density at radius 3 is 2.73 bits per heavy atom. The number of carbonyl (C=O) groups is 1. The molecule has 0 saturated carbocycles. The van der Waals surface area contributed by atoms with E-state index >= 15 is 0 Å². The third-order valence-corrected chi connectivity index (χ3v) is 1.85. The number of para-hydroxylation sites is 1. The zero-order valence-electron chi connectivity index (χ0n) is 8.82. The van der Waals surface area contributed by atoms with Gasteiger partial charge in [0.1, 0.15) is 5.75 Å². The summed E-state index contributed by atoms with van der Waals surface area (Å²) in [6, 6.07) is 9.46. The Morgan fingerprint density at radius 2 is 2.07 bits per heavy atom. The minimum atomic E-state index is -0.158. The van der Waals surface area contributed by atoms with Gasteiger partial charge in [-0.3, -0.25) is 0 Å². The topological polar surface area (TPSA) is 50.4 Å². The van der Waals surface area contributed by atoms with E-state index < -0.39 is 0 Å². The molecule has 0 aliphatic rings. The maximum Gasteiger partial charge on any atom is 0.314 e. The first-order chi connectivity index (χ1) is 7.33. The van der Waals surface area contributed by atoms with Gasteiger partial charge in [-0.1, -0.05) is 18.2 Å². The number of hydrogen-bond donors (Lipinski definition) is 2. The molecule has 1 aromatic rings. The van der Waals surface area contributed by atoms with Crippen LogP contribution in [0.15, 0.2) is 30.3 Å². The molecule has 0 fully saturated rings. The molecule has 1 rings (SSSR count). The van der Waals surface area contributed by atoms with E-state index in [9.17, 15) is 4.79 Å². The molecule has 0 spiro atoms. The van der Waals surface area contributed by atoms with Crippen molar-refractivity contribution in [2.45, 2.75) is 6.42 Å². The summed E-state index contributed by atoms with van der Waals surface area (Å²) in [4.78, 5) is 10.8. The molecule has 4 heteroatoms. The lowest BCUT2D eigenvalue weighted by Crippen LogP contribution is -2.33. The summed E-state index contributed by atoms with van der Waals surface area (Å²) in [6.45, 7) is 1.22. The van der Waals surface area contributed by atoms with E-state index in [1.54, 1.807) is 7.05 Å². The monoisotopic (exact) mass is 208 g/mol. The molecule has 0 aliphatic carbocycles. The average molecular weight is 208 g/mol. The predicted molar refractivity (Wildman–Crippen MR) is 59.0 cm³/mol. The summed E-state index contributed by atoms with van der Waals surface area (Å²) < 4.78 is 5.45. The van der Waals surface area contributed by atoms with Crippen LogP contribution in [0.4, 0.5) is 4.79 Å². The van der Waals surface area contributed by atoms with Crippen LogP contribution < -0.4 is 15.4 Å². The van der Waals surface area contributed by atoms with Crippen LogP contribution in [0.3, 0.4) is 0 Å². The van der Waals surface area contributed by atoms with Gasteiger partial charge >= 0.3 is 6.03 Å². The van der Waals surface area contributed by atoms with Gasteiger partial charge in [-0.15, -0.1) is 0 Å². The predicted octanol–water partition coefficient (Wildman–Crippen LogP) is 1.38. The molecular weight excluding hydrogens is 192 g/mol. The van der Waals surface area contributed by atoms with Gasteiger partial charge in [0, 0.05) is 13.6 Å². The van der Waals surface area contributed by atoms with Crippen molar-refractivity contribution in [3.63, 3.8) is 0 Å². The van der Waals surface area contributed by atoms with Crippen LogP contribution in [0.5, 0.6) is 5.75 Å². The summed E-state index contributed by atoms with van der Waals surface area (Å²) in [5.41, 5.74) is 0. The van der Waals surface area contributed by atoms with Crippen LogP contribution >= 0.6 is 0 Å². The van der Waals surface area contributed by atoms with E-state index in [4.69, 9.17) is 4.74 Å². The number of hydrogen-bond acceptors (Lipinski definition) is 2. The highest BCUT2D eigenvalue weighted by Gasteiger charge is 1.95. The summed E-state index contributed by atoms with van der Waals surface area (Å²) in [5, 5.41) is 5.17. The highest BCUT2D eigenvalue weighted by molar-refractivity contribution is 5.73.